The van der Waals surface area contributed by atoms with Crippen molar-refractivity contribution in [2.24, 2.45) is 5.92 Å². The highest BCUT2D eigenvalue weighted by atomic mass is 31.2. The number of allylic oxidation sites excluding steroid dienone is 2. The van der Waals surface area contributed by atoms with Crippen LogP contribution in [0.1, 0.15) is 297 Å². The Kier molecular flexibility index (Phi) is 49.9. The van der Waals surface area contributed by atoms with E-state index in [0.29, 0.717) is 25.2 Å². The molecule has 98 heavy (non-hydrogen) atoms. The lowest BCUT2D eigenvalue weighted by molar-refractivity contribution is -0.360. The Labute approximate surface area is 586 Å². The van der Waals surface area contributed by atoms with Crippen LogP contribution in [0.5, 0.6) is 0 Å². The number of carbonyl (C=O) groups excluding carboxylic acids is 3. The number of hydrogen-bond acceptors (Lipinski definition) is 23. The van der Waals surface area contributed by atoms with Gasteiger partial charge in [0.1, 0.15) is 98.7 Å². The summed E-state index contributed by atoms with van der Waals surface area (Å²) >= 11 is 0. The number of phosphoric acid groups is 1. The minimum Gasteiger partial charge on any atom is -0.463 e. The minimum atomic E-state index is -5.70. The molecule has 0 radical (unpaired) electrons. The highest BCUT2D eigenvalue weighted by Gasteiger charge is 2.58. The molecular formula is C73H135O24P. The van der Waals surface area contributed by atoms with Gasteiger partial charge in [0.15, 0.2) is 18.7 Å². The van der Waals surface area contributed by atoms with Crippen molar-refractivity contribution in [3.63, 3.8) is 0 Å². The van der Waals surface area contributed by atoms with Gasteiger partial charge in [-0.25, -0.2) is 4.57 Å². The van der Waals surface area contributed by atoms with Crippen molar-refractivity contribution < 1.29 is 117 Å². The molecule has 1 aliphatic carbocycles. The van der Waals surface area contributed by atoms with Gasteiger partial charge in [-0.3, -0.25) is 23.4 Å². The summed E-state index contributed by atoms with van der Waals surface area (Å²) in [5.74, 6) is -1.30. The van der Waals surface area contributed by atoms with E-state index in [4.69, 9.17) is 42.2 Å². The summed E-state index contributed by atoms with van der Waals surface area (Å²) < 4.78 is 65.1. The van der Waals surface area contributed by atoms with Crippen molar-refractivity contribution in [2.45, 2.75) is 402 Å². The van der Waals surface area contributed by atoms with E-state index >= 15 is 0 Å². The first-order chi connectivity index (χ1) is 47.2. The van der Waals surface area contributed by atoms with Crippen LogP contribution in [0.3, 0.4) is 0 Å². The van der Waals surface area contributed by atoms with E-state index in [9.17, 15) is 74.9 Å². The van der Waals surface area contributed by atoms with Crippen molar-refractivity contribution in [1.29, 1.82) is 0 Å². The molecule has 2 heterocycles. The first-order valence-corrected chi connectivity index (χ1v) is 39.9. The van der Waals surface area contributed by atoms with Crippen molar-refractivity contribution in [3.05, 3.63) is 12.2 Å². The maximum absolute atomic E-state index is 14.3. The van der Waals surface area contributed by atoms with E-state index < -0.39 is 156 Å². The molecule has 3 aliphatic rings. The fourth-order valence-electron chi connectivity index (χ4n) is 12.8. The Bertz CT molecular complexity index is 2090. The molecule has 0 aromatic carbocycles. The molecule has 19 atom stereocenters. The Morgan fingerprint density at radius 1 is 0.418 bits per heavy atom. The van der Waals surface area contributed by atoms with Gasteiger partial charge in [0.25, 0.3) is 0 Å². The molecular weight excluding hydrogens is 1290 g/mol. The van der Waals surface area contributed by atoms with E-state index in [-0.39, 0.29) is 19.3 Å². The topological polar surface area (TPSA) is 374 Å². The standard InChI is InChI=1S/C73H135O24P/c1-5-8-11-14-17-19-21-23-25-27-29-31-38-43-48-59(77)92-54(50-89-57(75)46-41-37-33-32-35-40-45-53(4)44-39-34-16-13-10-7-3)51-91-98(87,88)97-71-69(95-72-67(85)62(80)60(78)55(49-74)93-72)65(83)64(82)66(84)70(71)96-73-68(86)63(81)61(79)56(94-73)52-90-58(76)47-42-36-30-28-26-24-22-20-18-15-12-9-6-2/h24,26,53-56,60-74,78-86H,5-23,25,27-52H2,1-4H3,(H,87,88)/b26-24-. The predicted octanol–water partition coefficient (Wildman–Crippen LogP) is 10.6. The van der Waals surface area contributed by atoms with Gasteiger partial charge in [-0.1, -0.05) is 245 Å². The third kappa shape index (κ3) is 37.4. The van der Waals surface area contributed by atoms with Crippen LogP contribution in [0, 0.1) is 5.92 Å². The van der Waals surface area contributed by atoms with E-state index in [1.165, 1.54) is 135 Å². The third-order valence-corrected chi connectivity index (χ3v) is 20.2. The maximum Gasteiger partial charge on any atom is 0.472 e. The van der Waals surface area contributed by atoms with Crippen molar-refractivity contribution >= 4 is 25.7 Å². The van der Waals surface area contributed by atoms with Gasteiger partial charge < -0.3 is 89.1 Å². The molecule has 24 nitrogen and oxygen atoms in total. The first-order valence-electron chi connectivity index (χ1n) is 38.4. The molecule has 0 amide bonds. The number of rotatable bonds is 59. The zero-order valence-electron chi connectivity index (χ0n) is 60.2. The second-order valence-corrected chi connectivity index (χ2v) is 29.4. The molecule has 576 valence electrons. The average Bonchev–Trinajstić information content (AvgIpc) is 0.762. The van der Waals surface area contributed by atoms with Crippen LogP contribution in [-0.4, -0.2) is 204 Å². The largest absolute Gasteiger partial charge is 0.472 e. The van der Waals surface area contributed by atoms with Crippen LogP contribution in [0.25, 0.3) is 0 Å². The molecule has 0 aromatic rings. The Balaban J connectivity index is 1.74. The van der Waals surface area contributed by atoms with Gasteiger partial charge in [0.05, 0.1) is 13.2 Å². The van der Waals surface area contributed by atoms with Gasteiger partial charge in [-0.05, 0) is 50.9 Å². The van der Waals surface area contributed by atoms with Crippen LogP contribution in [0.2, 0.25) is 0 Å². The predicted molar refractivity (Wildman–Crippen MR) is 370 cm³/mol. The SMILES string of the molecule is CCCCCCCC/C=C\CCCCCC(=O)OCC1OC(OC2C(O)C(O)C(O)C(OC3OC(CO)C(O)C(O)C3O)C2OP(=O)(O)OCC(COC(=O)CCCCCCCCC(C)CCCCCCCC)OC(=O)CCCCCCCCCCCCCCCC)C(O)C(O)C1O. The van der Waals surface area contributed by atoms with Crippen LogP contribution in [0.15, 0.2) is 12.2 Å². The number of aliphatic hydroxyl groups is 10. The second kappa shape index (κ2) is 54.3. The first kappa shape index (κ1) is 89.9. The number of carbonyl (C=O) groups is 3. The van der Waals surface area contributed by atoms with Gasteiger partial charge in [0.2, 0.25) is 0 Å². The zero-order valence-corrected chi connectivity index (χ0v) is 61.1. The smallest absolute Gasteiger partial charge is 0.463 e. The summed E-state index contributed by atoms with van der Waals surface area (Å²) in [6, 6.07) is 0. The van der Waals surface area contributed by atoms with E-state index in [1.54, 1.807) is 0 Å². The minimum absolute atomic E-state index is 0.00899. The Hall–Kier alpha value is -2.30. The van der Waals surface area contributed by atoms with Crippen molar-refractivity contribution in [1.82, 2.24) is 0 Å². The molecule has 2 aliphatic heterocycles. The monoisotopic (exact) mass is 1430 g/mol. The summed E-state index contributed by atoms with van der Waals surface area (Å²) in [6.45, 7) is 5.77. The highest BCUT2D eigenvalue weighted by Crippen LogP contribution is 2.49. The maximum atomic E-state index is 14.3. The Morgan fingerprint density at radius 2 is 0.776 bits per heavy atom. The van der Waals surface area contributed by atoms with E-state index in [2.05, 4.69) is 39.8 Å². The average molecular weight is 1430 g/mol. The van der Waals surface area contributed by atoms with Crippen LogP contribution >= 0.6 is 7.82 Å². The lowest BCUT2D eigenvalue weighted by Gasteiger charge is -2.49. The van der Waals surface area contributed by atoms with Crippen molar-refractivity contribution in [2.75, 3.05) is 26.4 Å². The quantitative estimate of drug-likeness (QED) is 0.00886. The molecule has 0 bridgehead atoms. The van der Waals surface area contributed by atoms with Crippen LogP contribution in [0.4, 0.5) is 0 Å². The number of hydrogen-bond donors (Lipinski definition) is 11. The molecule has 19 unspecified atom stereocenters. The molecule has 11 N–H and O–H groups in total. The van der Waals surface area contributed by atoms with Gasteiger partial charge in [0, 0.05) is 19.3 Å². The lowest BCUT2D eigenvalue weighted by Crippen LogP contribution is -2.69. The van der Waals surface area contributed by atoms with Crippen LogP contribution < -0.4 is 0 Å². The van der Waals surface area contributed by atoms with Gasteiger partial charge in [-0.2, -0.15) is 0 Å². The molecule has 1 saturated carbocycles. The fraction of sp³-hybridized carbons (Fsp3) is 0.932. The molecule has 0 spiro atoms. The molecule has 25 heteroatoms. The third-order valence-electron chi connectivity index (χ3n) is 19.2. The molecule has 3 fully saturated rings. The normalized spacial score (nSPS) is 28.0. The molecule has 0 aromatic heterocycles. The van der Waals surface area contributed by atoms with Gasteiger partial charge >= 0.3 is 25.7 Å². The number of ether oxygens (including phenoxy) is 7. The lowest BCUT2D eigenvalue weighted by atomic mass is 9.84. The highest BCUT2D eigenvalue weighted by molar-refractivity contribution is 7.47. The fourth-order valence-corrected chi connectivity index (χ4v) is 13.8. The molecule has 3 rings (SSSR count). The molecule has 2 saturated heterocycles. The summed E-state index contributed by atoms with van der Waals surface area (Å²) in [7, 11) is -5.70. The van der Waals surface area contributed by atoms with Crippen molar-refractivity contribution in [3.8, 4) is 0 Å². The zero-order chi connectivity index (χ0) is 71.9. The second-order valence-electron chi connectivity index (χ2n) is 28.0. The summed E-state index contributed by atoms with van der Waals surface area (Å²) in [5, 5.41) is 110. The number of aliphatic hydroxyl groups excluding tert-OH is 10. The summed E-state index contributed by atoms with van der Waals surface area (Å²) in [5.41, 5.74) is 0. The van der Waals surface area contributed by atoms with Crippen LogP contribution in [-0.2, 0) is 61.2 Å². The van der Waals surface area contributed by atoms with E-state index in [1.807, 2.05) is 0 Å². The number of phosphoric ester groups is 1. The Morgan fingerprint density at radius 3 is 1.21 bits per heavy atom. The summed E-state index contributed by atoms with van der Waals surface area (Å²) in [4.78, 5) is 51.1. The van der Waals surface area contributed by atoms with E-state index in [0.717, 1.165) is 96.3 Å². The number of esters is 3. The number of unbranched alkanes of at least 4 members (excludes halogenated alkanes) is 32. The summed E-state index contributed by atoms with van der Waals surface area (Å²) in [6.07, 6.45) is 11.4. The van der Waals surface area contributed by atoms with Gasteiger partial charge in [-0.15, -0.1) is 0 Å².